The van der Waals surface area contributed by atoms with Crippen LogP contribution in [0.5, 0.6) is 0 Å². The summed E-state index contributed by atoms with van der Waals surface area (Å²) in [5.41, 5.74) is 0.978. The van der Waals surface area contributed by atoms with Gasteiger partial charge >= 0.3 is 0 Å². The molecule has 1 aromatic carbocycles. The van der Waals surface area contributed by atoms with Gasteiger partial charge in [0.1, 0.15) is 5.15 Å². The van der Waals surface area contributed by atoms with E-state index in [1.165, 1.54) is 17.4 Å². The van der Waals surface area contributed by atoms with E-state index in [4.69, 9.17) is 11.6 Å². The molecule has 2 aromatic rings. The molecule has 0 spiro atoms. The fourth-order valence-corrected chi connectivity index (χ4v) is 2.85. The maximum atomic E-state index is 11.2. The average molecular weight is 324 g/mol. The zero-order valence-electron chi connectivity index (χ0n) is 11.6. The van der Waals surface area contributed by atoms with Crippen molar-refractivity contribution in [3.05, 3.63) is 61.7 Å². The lowest BCUT2D eigenvalue weighted by atomic mass is 10.1. The van der Waals surface area contributed by atoms with E-state index in [0.717, 1.165) is 5.56 Å². The molecule has 0 saturated heterocycles. The number of allylic oxidation sites excluding steroid dienone is 1. The van der Waals surface area contributed by atoms with Crippen molar-refractivity contribution in [2.24, 2.45) is 0 Å². The van der Waals surface area contributed by atoms with Gasteiger partial charge in [-0.25, -0.2) is 4.98 Å². The number of nitrogens with zero attached hydrogens (tertiary/aromatic N) is 3. The van der Waals surface area contributed by atoms with E-state index in [1.54, 1.807) is 0 Å². The van der Waals surface area contributed by atoms with Crippen molar-refractivity contribution >= 4 is 34.1 Å². The first-order chi connectivity index (χ1) is 9.97. The fourth-order valence-electron chi connectivity index (χ4n) is 1.71. The monoisotopic (exact) mass is 323 g/mol. The van der Waals surface area contributed by atoms with E-state index >= 15 is 0 Å². The summed E-state index contributed by atoms with van der Waals surface area (Å²) >= 11 is 7.37. The molecule has 5 nitrogen and oxygen atoms in total. The maximum absolute atomic E-state index is 11.2. The normalized spacial score (nSPS) is 11.5. The number of nitro groups is 1. The molecule has 0 unspecified atom stereocenters. The van der Waals surface area contributed by atoms with Crippen molar-refractivity contribution in [3.63, 3.8) is 0 Å². The van der Waals surface area contributed by atoms with Gasteiger partial charge in [0.2, 0.25) is 0 Å². The minimum Gasteiger partial charge on any atom is -0.354 e. The first kappa shape index (κ1) is 15.5. The topological polar surface area (TPSA) is 59.3 Å². The third-order valence-corrected chi connectivity index (χ3v) is 4.31. The van der Waals surface area contributed by atoms with E-state index in [-0.39, 0.29) is 22.2 Å². The highest BCUT2D eigenvalue weighted by molar-refractivity contribution is 7.17. The van der Waals surface area contributed by atoms with E-state index in [1.807, 2.05) is 49.3 Å². The third-order valence-electron chi connectivity index (χ3n) is 2.74. The van der Waals surface area contributed by atoms with Crippen molar-refractivity contribution < 1.29 is 4.92 Å². The van der Waals surface area contributed by atoms with Crippen LogP contribution in [0.4, 0.5) is 5.13 Å². The predicted octanol–water partition coefficient (Wildman–Crippen LogP) is 3.72. The second kappa shape index (κ2) is 6.69. The lowest BCUT2D eigenvalue weighted by molar-refractivity contribution is -0.425. The van der Waals surface area contributed by atoms with Crippen LogP contribution in [0, 0.1) is 10.1 Å². The molecule has 1 aromatic heterocycles. The smallest absolute Gasteiger partial charge is 0.252 e. The van der Waals surface area contributed by atoms with Gasteiger partial charge in [0.25, 0.3) is 5.70 Å². The Morgan fingerprint density at radius 1 is 1.43 bits per heavy atom. The quantitative estimate of drug-likeness (QED) is 0.621. The summed E-state index contributed by atoms with van der Waals surface area (Å²) in [4.78, 5) is 17.4. The van der Waals surface area contributed by atoms with Gasteiger partial charge in [-0.3, -0.25) is 10.1 Å². The van der Waals surface area contributed by atoms with Crippen LogP contribution in [0.25, 0.3) is 6.08 Å². The number of rotatable bonds is 5. The standard InChI is InChI=1S/C14H14ClN3O2S/c1-17(2)14-16-13(15)12(21-14)9-11(18(19)20)8-10-6-4-3-5-7-10/h3-7,9H,8H2,1-2H3. The molecule has 0 N–H and O–H groups in total. The molecule has 0 amide bonds. The molecule has 110 valence electrons. The predicted molar refractivity (Wildman–Crippen MR) is 86.6 cm³/mol. The molecule has 2 rings (SSSR count). The van der Waals surface area contributed by atoms with Crippen molar-refractivity contribution in [2.45, 2.75) is 6.42 Å². The van der Waals surface area contributed by atoms with Gasteiger partial charge in [0.05, 0.1) is 16.2 Å². The summed E-state index contributed by atoms with van der Waals surface area (Å²) in [7, 11) is 3.70. The summed E-state index contributed by atoms with van der Waals surface area (Å²) in [5, 5.41) is 12.2. The van der Waals surface area contributed by atoms with Crippen molar-refractivity contribution in [2.75, 3.05) is 19.0 Å². The number of thiazole rings is 1. The zero-order valence-corrected chi connectivity index (χ0v) is 13.2. The number of halogens is 1. The number of benzene rings is 1. The average Bonchev–Trinajstić information content (AvgIpc) is 2.81. The summed E-state index contributed by atoms with van der Waals surface area (Å²) in [6.07, 6.45) is 1.75. The van der Waals surface area contributed by atoms with Crippen LogP contribution in [0.15, 0.2) is 36.0 Å². The molecule has 0 atom stereocenters. The Bertz CT molecular complexity index is 668. The molecule has 0 aliphatic heterocycles. The van der Waals surface area contributed by atoms with Crippen molar-refractivity contribution in [1.29, 1.82) is 0 Å². The van der Waals surface area contributed by atoms with Crippen LogP contribution in [0.2, 0.25) is 5.15 Å². The molecule has 0 aliphatic carbocycles. The summed E-state index contributed by atoms with van der Waals surface area (Å²) in [6.45, 7) is 0. The Morgan fingerprint density at radius 3 is 2.62 bits per heavy atom. The first-order valence-electron chi connectivity index (χ1n) is 6.20. The first-order valence-corrected chi connectivity index (χ1v) is 7.39. The van der Waals surface area contributed by atoms with Crippen molar-refractivity contribution in [3.8, 4) is 0 Å². The summed E-state index contributed by atoms with van der Waals surface area (Å²) in [5.74, 6) is 0. The molecule has 0 fully saturated rings. The van der Waals surface area contributed by atoms with Gasteiger partial charge in [0.15, 0.2) is 5.13 Å². The van der Waals surface area contributed by atoms with Gasteiger partial charge in [-0.2, -0.15) is 0 Å². The minimum atomic E-state index is -0.377. The summed E-state index contributed by atoms with van der Waals surface area (Å²) < 4.78 is 0. The van der Waals surface area contributed by atoms with Gasteiger partial charge in [-0.05, 0) is 5.56 Å². The maximum Gasteiger partial charge on any atom is 0.252 e. The molecule has 0 bridgehead atoms. The number of hydrogen-bond donors (Lipinski definition) is 0. The number of hydrogen-bond acceptors (Lipinski definition) is 5. The van der Waals surface area contributed by atoms with Crippen LogP contribution in [0.3, 0.4) is 0 Å². The SMILES string of the molecule is CN(C)c1nc(Cl)c(C=C(Cc2ccccc2)[N+](=O)[O-])s1. The second-order valence-electron chi connectivity index (χ2n) is 4.60. The molecule has 0 saturated carbocycles. The van der Waals surface area contributed by atoms with Gasteiger partial charge in [-0.1, -0.05) is 53.3 Å². The number of anilines is 1. The highest BCUT2D eigenvalue weighted by Crippen LogP contribution is 2.30. The van der Waals surface area contributed by atoms with Crippen molar-refractivity contribution in [1.82, 2.24) is 4.98 Å². The Labute approximate surface area is 131 Å². The molecule has 0 radical (unpaired) electrons. The molecular weight excluding hydrogens is 310 g/mol. The van der Waals surface area contributed by atoms with Crippen LogP contribution >= 0.6 is 22.9 Å². The molecule has 21 heavy (non-hydrogen) atoms. The Balaban J connectivity index is 2.32. The molecular formula is C14H14ClN3O2S. The zero-order chi connectivity index (χ0) is 15.4. The highest BCUT2D eigenvalue weighted by atomic mass is 35.5. The van der Waals surface area contributed by atoms with Crippen LogP contribution in [0.1, 0.15) is 10.4 Å². The summed E-state index contributed by atoms with van der Waals surface area (Å²) in [6, 6.07) is 9.31. The third kappa shape index (κ3) is 4.03. The van der Waals surface area contributed by atoms with Gasteiger partial charge in [0, 0.05) is 20.2 Å². The largest absolute Gasteiger partial charge is 0.354 e. The highest BCUT2D eigenvalue weighted by Gasteiger charge is 2.16. The minimum absolute atomic E-state index is 0.0945. The fraction of sp³-hybridized carbons (Fsp3) is 0.214. The Hall–Kier alpha value is -1.92. The Morgan fingerprint density at radius 2 is 2.10 bits per heavy atom. The van der Waals surface area contributed by atoms with Crippen LogP contribution in [-0.2, 0) is 6.42 Å². The lowest BCUT2D eigenvalue weighted by Gasteiger charge is -2.04. The lowest BCUT2D eigenvalue weighted by Crippen LogP contribution is -2.07. The van der Waals surface area contributed by atoms with E-state index < -0.39 is 0 Å². The van der Waals surface area contributed by atoms with E-state index in [2.05, 4.69) is 4.98 Å². The van der Waals surface area contributed by atoms with Gasteiger partial charge < -0.3 is 4.90 Å². The van der Waals surface area contributed by atoms with E-state index in [0.29, 0.717) is 10.0 Å². The van der Waals surface area contributed by atoms with Crippen LogP contribution in [-0.4, -0.2) is 24.0 Å². The molecule has 0 aliphatic rings. The molecule has 1 heterocycles. The molecule has 7 heteroatoms. The Kier molecular flexibility index (Phi) is 4.93. The van der Waals surface area contributed by atoms with Gasteiger partial charge in [-0.15, -0.1) is 0 Å². The second-order valence-corrected chi connectivity index (χ2v) is 5.97. The van der Waals surface area contributed by atoms with E-state index in [9.17, 15) is 10.1 Å². The number of aromatic nitrogens is 1. The van der Waals surface area contributed by atoms with Crippen LogP contribution < -0.4 is 4.90 Å².